The topological polar surface area (TPSA) is 67.7 Å². The van der Waals surface area contributed by atoms with Crippen LogP contribution >= 0.6 is 0 Å². The molecule has 2 aromatic heterocycles. The SMILES string of the molecule is CCNc1cc(NCCc2ccnn2C)nc(C)n1. The summed E-state index contributed by atoms with van der Waals surface area (Å²) in [5, 5.41) is 10.7. The molecule has 19 heavy (non-hydrogen) atoms. The Morgan fingerprint density at radius 2 is 1.95 bits per heavy atom. The summed E-state index contributed by atoms with van der Waals surface area (Å²) in [6.07, 6.45) is 2.73. The Morgan fingerprint density at radius 3 is 2.58 bits per heavy atom. The second-order valence-corrected chi connectivity index (χ2v) is 4.34. The van der Waals surface area contributed by atoms with E-state index in [1.807, 2.05) is 43.9 Å². The van der Waals surface area contributed by atoms with Crippen molar-refractivity contribution < 1.29 is 0 Å². The number of hydrogen-bond acceptors (Lipinski definition) is 5. The van der Waals surface area contributed by atoms with E-state index in [1.165, 1.54) is 5.69 Å². The highest BCUT2D eigenvalue weighted by molar-refractivity contribution is 5.47. The van der Waals surface area contributed by atoms with E-state index in [0.717, 1.165) is 37.0 Å². The lowest BCUT2D eigenvalue weighted by molar-refractivity contribution is 0.711. The maximum atomic E-state index is 4.37. The second-order valence-electron chi connectivity index (χ2n) is 4.34. The van der Waals surface area contributed by atoms with Crippen LogP contribution < -0.4 is 10.6 Å². The molecule has 0 aliphatic carbocycles. The van der Waals surface area contributed by atoms with Gasteiger partial charge in [0.2, 0.25) is 0 Å². The van der Waals surface area contributed by atoms with E-state index >= 15 is 0 Å². The minimum Gasteiger partial charge on any atom is -0.370 e. The van der Waals surface area contributed by atoms with Crippen molar-refractivity contribution in [1.29, 1.82) is 0 Å². The average Bonchev–Trinajstić information content (AvgIpc) is 2.75. The maximum absolute atomic E-state index is 4.37. The van der Waals surface area contributed by atoms with Crippen LogP contribution in [0.3, 0.4) is 0 Å². The van der Waals surface area contributed by atoms with Crippen molar-refractivity contribution in [2.45, 2.75) is 20.3 Å². The smallest absolute Gasteiger partial charge is 0.131 e. The molecule has 0 amide bonds. The van der Waals surface area contributed by atoms with E-state index in [4.69, 9.17) is 0 Å². The third-order valence-electron chi connectivity index (χ3n) is 2.81. The highest BCUT2D eigenvalue weighted by Crippen LogP contribution is 2.11. The van der Waals surface area contributed by atoms with Crippen LogP contribution in [0, 0.1) is 6.92 Å². The van der Waals surface area contributed by atoms with Gasteiger partial charge in [0.25, 0.3) is 0 Å². The van der Waals surface area contributed by atoms with Gasteiger partial charge in [0.1, 0.15) is 17.5 Å². The Bertz CT molecular complexity index is 534. The number of aromatic nitrogens is 4. The van der Waals surface area contributed by atoms with Crippen LogP contribution in [-0.4, -0.2) is 32.8 Å². The molecule has 0 radical (unpaired) electrons. The molecular weight excluding hydrogens is 240 g/mol. The molecule has 0 bridgehead atoms. The minimum absolute atomic E-state index is 0.765. The third kappa shape index (κ3) is 3.67. The van der Waals surface area contributed by atoms with Gasteiger partial charge >= 0.3 is 0 Å². The predicted octanol–water partition coefficient (Wildman–Crippen LogP) is 1.60. The summed E-state index contributed by atoms with van der Waals surface area (Å²) in [4.78, 5) is 8.69. The number of hydrogen-bond donors (Lipinski definition) is 2. The summed E-state index contributed by atoms with van der Waals surface area (Å²) >= 11 is 0. The summed E-state index contributed by atoms with van der Waals surface area (Å²) < 4.78 is 1.89. The zero-order valence-electron chi connectivity index (χ0n) is 11.6. The molecule has 6 nitrogen and oxygen atoms in total. The molecule has 0 atom stereocenters. The fourth-order valence-corrected chi connectivity index (χ4v) is 1.90. The van der Waals surface area contributed by atoms with Gasteiger partial charge in [-0.15, -0.1) is 0 Å². The fraction of sp³-hybridized carbons (Fsp3) is 0.462. The molecule has 0 unspecified atom stereocenters. The summed E-state index contributed by atoms with van der Waals surface area (Å²) in [7, 11) is 1.95. The standard InChI is InChI=1S/C13H20N6/c1-4-14-12-9-13(18-10(2)17-12)15-7-5-11-6-8-16-19(11)3/h6,8-9H,4-5,7H2,1-3H3,(H2,14,15,17,18). The number of nitrogens with one attached hydrogen (secondary N) is 2. The highest BCUT2D eigenvalue weighted by atomic mass is 15.3. The van der Waals surface area contributed by atoms with Crippen LogP contribution in [0.2, 0.25) is 0 Å². The molecule has 2 rings (SSSR count). The first-order valence-electron chi connectivity index (χ1n) is 6.49. The number of rotatable bonds is 6. The van der Waals surface area contributed by atoms with Crippen LogP contribution in [-0.2, 0) is 13.5 Å². The van der Waals surface area contributed by atoms with Gasteiger partial charge in [-0.3, -0.25) is 4.68 Å². The number of nitrogens with zero attached hydrogens (tertiary/aromatic N) is 4. The van der Waals surface area contributed by atoms with Gasteiger partial charge in [0.15, 0.2) is 0 Å². The van der Waals surface area contributed by atoms with Crippen LogP contribution in [0.25, 0.3) is 0 Å². The van der Waals surface area contributed by atoms with Crippen molar-refractivity contribution in [2.24, 2.45) is 7.05 Å². The molecule has 2 N–H and O–H groups in total. The Kier molecular flexibility index (Phi) is 4.33. The van der Waals surface area contributed by atoms with Crippen molar-refractivity contribution in [3.63, 3.8) is 0 Å². The molecule has 2 heterocycles. The lowest BCUT2D eigenvalue weighted by Crippen LogP contribution is -2.11. The van der Waals surface area contributed by atoms with E-state index in [1.54, 1.807) is 0 Å². The lowest BCUT2D eigenvalue weighted by Gasteiger charge is -2.09. The largest absolute Gasteiger partial charge is 0.370 e. The Morgan fingerprint density at radius 1 is 1.21 bits per heavy atom. The van der Waals surface area contributed by atoms with Crippen molar-refractivity contribution in [3.05, 3.63) is 29.8 Å². The molecule has 6 heteroatoms. The van der Waals surface area contributed by atoms with Gasteiger partial charge in [-0.05, 0) is 19.9 Å². The van der Waals surface area contributed by atoms with Crippen molar-refractivity contribution in [1.82, 2.24) is 19.7 Å². The Labute approximate surface area is 113 Å². The first-order valence-corrected chi connectivity index (χ1v) is 6.49. The van der Waals surface area contributed by atoms with Gasteiger partial charge in [0, 0.05) is 44.5 Å². The van der Waals surface area contributed by atoms with E-state index in [9.17, 15) is 0 Å². The van der Waals surface area contributed by atoms with E-state index in [2.05, 4.69) is 25.7 Å². The minimum atomic E-state index is 0.765. The molecular formula is C13H20N6. The fourth-order valence-electron chi connectivity index (χ4n) is 1.90. The van der Waals surface area contributed by atoms with Gasteiger partial charge in [-0.1, -0.05) is 0 Å². The molecule has 102 valence electrons. The summed E-state index contributed by atoms with van der Waals surface area (Å²) in [5.41, 5.74) is 1.20. The second kappa shape index (κ2) is 6.17. The highest BCUT2D eigenvalue weighted by Gasteiger charge is 2.02. The molecule has 0 saturated heterocycles. The van der Waals surface area contributed by atoms with Crippen molar-refractivity contribution in [2.75, 3.05) is 23.7 Å². The molecule has 0 aromatic carbocycles. The van der Waals surface area contributed by atoms with Gasteiger partial charge in [0.05, 0.1) is 0 Å². The molecule has 0 spiro atoms. The lowest BCUT2D eigenvalue weighted by atomic mass is 10.3. The molecule has 0 aliphatic heterocycles. The third-order valence-corrected chi connectivity index (χ3v) is 2.81. The Balaban J connectivity index is 1.94. The first kappa shape index (κ1) is 13.3. The van der Waals surface area contributed by atoms with Crippen LogP contribution in [0.1, 0.15) is 18.4 Å². The summed E-state index contributed by atoms with van der Waals surface area (Å²) in [5.74, 6) is 2.48. The molecule has 0 saturated carbocycles. The zero-order chi connectivity index (χ0) is 13.7. The van der Waals surface area contributed by atoms with Crippen molar-refractivity contribution >= 4 is 11.6 Å². The summed E-state index contributed by atoms with van der Waals surface area (Å²) in [6.45, 7) is 5.62. The quantitative estimate of drug-likeness (QED) is 0.826. The van der Waals surface area contributed by atoms with E-state index < -0.39 is 0 Å². The molecule has 0 aliphatic rings. The van der Waals surface area contributed by atoms with Gasteiger partial charge < -0.3 is 10.6 Å². The van der Waals surface area contributed by atoms with Gasteiger partial charge in [-0.25, -0.2) is 9.97 Å². The van der Waals surface area contributed by atoms with E-state index in [0.29, 0.717) is 0 Å². The van der Waals surface area contributed by atoms with Crippen molar-refractivity contribution in [3.8, 4) is 0 Å². The maximum Gasteiger partial charge on any atom is 0.131 e. The van der Waals surface area contributed by atoms with Crippen LogP contribution in [0.4, 0.5) is 11.6 Å². The normalized spacial score (nSPS) is 10.5. The van der Waals surface area contributed by atoms with Crippen LogP contribution in [0.5, 0.6) is 0 Å². The number of anilines is 2. The predicted molar refractivity (Wildman–Crippen MR) is 76.3 cm³/mol. The van der Waals surface area contributed by atoms with Crippen LogP contribution in [0.15, 0.2) is 18.3 Å². The average molecular weight is 260 g/mol. The zero-order valence-corrected chi connectivity index (χ0v) is 11.6. The monoisotopic (exact) mass is 260 g/mol. The number of aryl methyl sites for hydroxylation is 2. The molecule has 0 fully saturated rings. The Hall–Kier alpha value is -2.11. The van der Waals surface area contributed by atoms with E-state index in [-0.39, 0.29) is 0 Å². The van der Waals surface area contributed by atoms with Gasteiger partial charge in [-0.2, -0.15) is 5.10 Å². The summed E-state index contributed by atoms with van der Waals surface area (Å²) in [6, 6.07) is 3.96. The molecule has 2 aromatic rings. The first-order chi connectivity index (χ1) is 9.19.